The van der Waals surface area contributed by atoms with Crippen LogP contribution in [-0.4, -0.2) is 22.7 Å². The highest BCUT2D eigenvalue weighted by Gasteiger charge is 2.29. The Morgan fingerprint density at radius 2 is 1.95 bits per heavy atom. The Kier molecular flexibility index (Phi) is 3.66. The van der Waals surface area contributed by atoms with Crippen LogP contribution in [0.2, 0.25) is 0 Å². The number of rotatable bonds is 3. The molecule has 1 aromatic carbocycles. The molecule has 22 heavy (non-hydrogen) atoms. The molecule has 6 heteroatoms. The van der Waals surface area contributed by atoms with Crippen molar-refractivity contribution in [2.45, 2.75) is 33.3 Å². The number of oxime groups is 1. The normalized spacial score (nSPS) is 17.0. The molecule has 0 aliphatic carbocycles. The molecule has 1 aliphatic heterocycles. The lowest BCUT2D eigenvalue weighted by Crippen LogP contribution is -2.28. The van der Waals surface area contributed by atoms with Crippen LogP contribution in [0, 0.1) is 20.8 Å². The average molecular weight is 299 g/mol. The van der Waals surface area contributed by atoms with Gasteiger partial charge in [0.1, 0.15) is 5.76 Å². The minimum atomic E-state index is -0.663. The zero-order valence-corrected chi connectivity index (χ0v) is 12.7. The number of aryl methyl sites for hydroxylation is 3. The highest BCUT2D eigenvalue weighted by molar-refractivity contribution is 6.05. The summed E-state index contributed by atoms with van der Waals surface area (Å²) < 4.78 is 5.33. The largest absolute Gasteiger partial charge is 0.428 e. The fraction of sp³-hybridized carbons (Fsp3) is 0.312. The first-order chi connectivity index (χ1) is 10.5. The van der Waals surface area contributed by atoms with Crippen LogP contribution >= 0.6 is 0 Å². The molecule has 3 rings (SSSR count). The molecule has 2 aromatic rings. The van der Waals surface area contributed by atoms with Crippen LogP contribution in [0.4, 0.5) is 6.01 Å². The van der Waals surface area contributed by atoms with E-state index in [9.17, 15) is 4.79 Å². The van der Waals surface area contributed by atoms with Crippen LogP contribution in [0.5, 0.6) is 0 Å². The minimum absolute atomic E-state index is 0.187. The molecule has 1 unspecified atom stereocenters. The molecule has 6 nitrogen and oxygen atoms in total. The third kappa shape index (κ3) is 2.86. The van der Waals surface area contributed by atoms with E-state index in [1.165, 1.54) is 5.56 Å². The highest BCUT2D eigenvalue weighted by atomic mass is 16.6. The Morgan fingerprint density at radius 3 is 2.59 bits per heavy atom. The summed E-state index contributed by atoms with van der Waals surface area (Å²) in [6, 6.07) is 8.14. The molecule has 0 saturated carbocycles. The van der Waals surface area contributed by atoms with Gasteiger partial charge in [0.2, 0.25) is 6.10 Å². The number of anilines is 1. The van der Waals surface area contributed by atoms with Gasteiger partial charge in [0.05, 0.1) is 11.4 Å². The van der Waals surface area contributed by atoms with Crippen LogP contribution < -0.4 is 5.32 Å². The quantitative estimate of drug-likeness (QED) is 0.945. The van der Waals surface area contributed by atoms with E-state index in [1.807, 2.05) is 38.1 Å². The van der Waals surface area contributed by atoms with Crippen molar-refractivity contribution in [3.8, 4) is 0 Å². The van der Waals surface area contributed by atoms with Crippen LogP contribution in [-0.2, 0) is 9.63 Å². The third-order valence-corrected chi connectivity index (χ3v) is 3.60. The minimum Gasteiger partial charge on any atom is -0.428 e. The highest BCUT2D eigenvalue weighted by Crippen LogP contribution is 2.19. The van der Waals surface area contributed by atoms with E-state index in [0.29, 0.717) is 12.2 Å². The second-order valence-corrected chi connectivity index (χ2v) is 5.35. The SMILES string of the molecule is Cc1ccc(C2=NOC(C(=O)Nc3nc(C)c(C)o3)C2)cc1. The number of oxazole rings is 1. The number of hydrogen-bond acceptors (Lipinski definition) is 5. The summed E-state index contributed by atoms with van der Waals surface area (Å²) in [6.45, 7) is 5.63. The summed E-state index contributed by atoms with van der Waals surface area (Å²) in [7, 11) is 0. The van der Waals surface area contributed by atoms with E-state index in [4.69, 9.17) is 9.25 Å². The van der Waals surface area contributed by atoms with Crippen molar-refractivity contribution >= 4 is 17.6 Å². The maximum atomic E-state index is 12.2. The molecule has 1 amide bonds. The molecule has 114 valence electrons. The molecule has 1 aromatic heterocycles. The van der Waals surface area contributed by atoms with Gasteiger partial charge in [-0.2, -0.15) is 4.98 Å². The number of aromatic nitrogens is 1. The van der Waals surface area contributed by atoms with Gasteiger partial charge in [0.25, 0.3) is 5.91 Å². The van der Waals surface area contributed by atoms with Gasteiger partial charge in [-0.05, 0) is 26.3 Å². The van der Waals surface area contributed by atoms with Crippen LogP contribution in [0.3, 0.4) is 0 Å². The van der Waals surface area contributed by atoms with Crippen molar-refractivity contribution in [2.24, 2.45) is 5.16 Å². The Balaban J connectivity index is 1.63. The van der Waals surface area contributed by atoms with E-state index in [2.05, 4.69) is 15.5 Å². The van der Waals surface area contributed by atoms with Crippen molar-refractivity contribution in [1.29, 1.82) is 0 Å². The van der Waals surface area contributed by atoms with E-state index in [0.717, 1.165) is 17.0 Å². The fourth-order valence-electron chi connectivity index (χ4n) is 2.15. The number of nitrogens with zero attached hydrogens (tertiary/aromatic N) is 2. The average Bonchev–Trinajstić information content (AvgIpc) is 3.08. The number of hydrogen-bond donors (Lipinski definition) is 1. The van der Waals surface area contributed by atoms with Gasteiger partial charge < -0.3 is 9.25 Å². The predicted molar refractivity (Wildman–Crippen MR) is 81.8 cm³/mol. The van der Waals surface area contributed by atoms with Crippen LogP contribution in [0.1, 0.15) is 29.0 Å². The lowest BCUT2D eigenvalue weighted by Gasteiger charge is -2.06. The Morgan fingerprint density at radius 1 is 1.23 bits per heavy atom. The summed E-state index contributed by atoms with van der Waals surface area (Å²) in [5.41, 5.74) is 3.65. The number of carbonyl (C=O) groups is 1. The molecule has 0 radical (unpaired) electrons. The van der Waals surface area contributed by atoms with Gasteiger partial charge in [0.15, 0.2) is 0 Å². The predicted octanol–water partition coefficient (Wildman–Crippen LogP) is 2.73. The van der Waals surface area contributed by atoms with Crippen molar-refractivity contribution in [3.63, 3.8) is 0 Å². The van der Waals surface area contributed by atoms with Gasteiger partial charge in [-0.1, -0.05) is 35.0 Å². The molecule has 0 saturated heterocycles. The van der Waals surface area contributed by atoms with Gasteiger partial charge >= 0.3 is 6.01 Å². The molecular formula is C16H17N3O3. The first kappa shape index (κ1) is 14.3. The molecule has 1 aliphatic rings. The summed E-state index contributed by atoms with van der Waals surface area (Å²) in [6.07, 6.45) is -0.239. The second kappa shape index (κ2) is 5.63. The monoisotopic (exact) mass is 299 g/mol. The van der Waals surface area contributed by atoms with Crippen LogP contribution in [0.15, 0.2) is 33.8 Å². The molecule has 1 atom stereocenters. The summed E-state index contributed by atoms with van der Waals surface area (Å²) in [4.78, 5) is 21.5. The maximum Gasteiger partial charge on any atom is 0.301 e. The van der Waals surface area contributed by atoms with Crippen LogP contribution in [0.25, 0.3) is 0 Å². The number of amides is 1. The molecule has 0 bridgehead atoms. The molecule has 0 fully saturated rings. The Bertz CT molecular complexity index is 712. The number of carbonyl (C=O) groups excluding carboxylic acids is 1. The second-order valence-electron chi connectivity index (χ2n) is 5.35. The molecule has 2 heterocycles. The fourth-order valence-corrected chi connectivity index (χ4v) is 2.15. The smallest absolute Gasteiger partial charge is 0.301 e. The van der Waals surface area contributed by atoms with E-state index >= 15 is 0 Å². The standard InChI is InChI=1S/C16H17N3O3/c1-9-4-6-12(7-5-9)13-8-14(22-19-13)15(20)18-16-17-10(2)11(3)21-16/h4-7,14H,8H2,1-3H3,(H,17,18,20). The molecular weight excluding hydrogens is 282 g/mol. The lowest BCUT2D eigenvalue weighted by molar-refractivity contribution is -0.125. The first-order valence-corrected chi connectivity index (χ1v) is 7.07. The van der Waals surface area contributed by atoms with Gasteiger partial charge in [-0.25, -0.2) is 0 Å². The maximum absolute atomic E-state index is 12.2. The first-order valence-electron chi connectivity index (χ1n) is 7.07. The van der Waals surface area contributed by atoms with Crippen molar-refractivity contribution in [1.82, 2.24) is 4.98 Å². The van der Waals surface area contributed by atoms with Gasteiger partial charge in [0, 0.05) is 6.42 Å². The van der Waals surface area contributed by atoms with Gasteiger partial charge in [-0.15, -0.1) is 0 Å². The van der Waals surface area contributed by atoms with Gasteiger partial charge in [-0.3, -0.25) is 10.1 Å². The van der Waals surface area contributed by atoms with E-state index < -0.39 is 6.10 Å². The molecule has 0 spiro atoms. The van der Waals surface area contributed by atoms with E-state index in [1.54, 1.807) is 6.92 Å². The van der Waals surface area contributed by atoms with Crippen molar-refractivity contribution < 1.29 is 14.0 Å². The Labute approximate surface area is 128 Å². The number of benzene rings is 1. The summed E-state index contributed by atoms with van der Waals surface area (Å²) in [5.74, 6) is 0.367. The summed E-state index contributed by atoms with van der Waals surface area (Å²) in [5, 5.41) is 6.62. The molecule has 1 N–H and O–H groups in total. The zero-order valence-electron chi connectivity index (χ0n) is 12.7. The summed E-state index contributed by atoms with van der Waals surface area (Å²) >= 11 is 0. The topological polar surface area (TPSA) is 76.7 Å². The van der Waals surface area contributed by atoms with Crippen molar-refractivity contribution in [2.75, 3.05) is 5.32 Å². The lowest BCUT2D eigenvalue weighted by atomic mass is 10.0. The Hall–Kier alpha value is -2.63. The number of nitrogens with one attached hydrogen (secondary N) is 1. The third-order valence-electron chi connectivity index (χ3n) is 3.60. The van der Waals surface area contributed by atoms with Crippen molar-refractivity contribution in [3.05, 3.63) is 46.8 Å². The van der Waals surface area contributed by atoms with E-state index in [-0.39, 0.29) is 11.9 Å². The zero-order chi connectivity index (χ0) is 15.7.